The van der Waals surface area contributed by atoms with Gasteiger partial charge in [-0.05, 0) is 33.9 Å². The van der Waals surface area contributed by atoms with Crippen LogP contribution in [0.25, 0.3) is 50.4 Å². The number of nitrogens with two attached hydrogens (primary N) is 1. The lowest BCUT2D eigenvalue weighted by Crippen LogP contribution is -2.17. The number of allylic oxidation sites excluding steroid dienone is 2. The Balaban J connectivity index is 1.23. The lowest BCUT2D eigenvalue weighted by molar-refractivity contribution is 0.601. The summed E-state index contributed by atoms with van der Waals surface area (Å²) in [7, 11) is 0. The molecule has 0 saturated carbocycles. The molecule has 43 heavy (non-hydrogen) atoms. The molecule has 0 bridgehead atoms. The molecule has 208 valence electrons. The van der Waals surface area contributed by atoms with Gasteiger partial charge >= 0.3 is 0 Å². The molecule has 0 unspecified atom stereocenters. The minimum Gasteiger partial charge on any atom is -0.456 e. The van der Waals surface area contributed by atoms with Gasteiger partial charge in [0.05, 0.1) is 0 Å². The van der Waals surface area contributed by atoms with Crippen molar-refractivity contribution >= 4 is 28.7 Å². The van der Waals surface area contributed by atoms with Gasteiger partial charge in [-0.15, -0.1) is 0 Å². The van der Waals surface area contributed by atoms with Crippen molar-refractivity contribution in [3.63, 3.8) is 0 Å². The largest absolute Gasteiger partial charge is 0.456 e. The fourth-order valence-corrected chi connectivity index (χ4v) is 5.24. The number of amidine groups is 2. The van der Waals surface area contributed by atoms with Crippen molar-refractivity contribution in [2.75, 3.05) is 0 Å². The Hall–Kier alpha value is -5.74. The number of furan rings is 1. The number of hydrogen-bond donors (Lipinski definition) is 2. The van der Waals surface area contributed by atoms with Crippen LogP contribution in [-0.2, 0) is 6.42 Å². The van der Waals surface area contributed by atoms with E-state index in [0.717, 1.165) is 38.8 Å². The first-order valence-corrected chi connectivity index (χ1v) is 14.2. The zero-order valence-electron chi connectivity index (χ0n) is 23.7. The van der Waals surface area contributed by atoms with Gasteiger partial charge in [-0.3, -0.25) is 5.41 Å². The number of nitrogens with zero attached hydrogens (tertiary/aromatic N) is 1. The maximum absolute atomic E-state index is 8.64. The van der Waals surface area contributed by atoms with E-state index in [9.17, 15) is 0 Å². The predicted molar refractivity (Wildman–Crippen MR) is 180 cm³/mol. The zero-order valence-corrected chi connectivity index (χ0v) is 23.7. The second-order valence-corrected chi connectivity index (χ2v) is 10.2. The third-order valence-electron chi connectivity index (χ3n) is 7.42. The summed E-state index contributed by atoms with van der Waals surface area (Å²) in [6.07, 6.45) is 5.79. The van der Waals surface area contributed by atoms with Crippen LogP contribution in [0.2, 0.25) is 0 Å². The van der Waals surface area contributed by atoms with Gasteiger partial charge in [0.2, 0.25) is 0 Å². The van der Waals surface area contributed by atoms with Crippen LogP contribution in [0.5, 0.6) is 0 Å². The van der Waals surface area contributed by atoms with Crippen LogP contribution in [0.3, 0.4) is 0 Å². The molecule has 4 nitrogen and oxygen atoms in total. The molecular weight excluding hydrogens is 526 g/mol. The van der Waals surface area contributed by atoms with Crippen molar-refractivity contribution in [2.24, 2.45) is 10.7 Å². The maximum atomic E-state index is 8.64. The minimum absolute atomic E-state index is 0.115. The van der Waals surface area contributed by atoms with Gasteiger partial charge in [0.25, 0.3) is 0 Å². The summed E-state index contributed by atoms with van der Waals surface area (Å²) in [5.41, 5.74) is 15.5. The summed E-state index contributed by atoms with van der Waals surface area (Å²) in [6, 6.07) is 43.0. The molecule has 3 N–H and O–H groups in total. The predicted octanol–water partition coefficient (Wildman–Crippen LogP) is 9.56. The van der Waals surface area contributed by atoms with Gasteiger partial charge in [-0.1, -0.05) is 146 Å². The van der Waals surface area contributed by atoms with E-state index in [2.05, 4.69) is 66.2 Å². The van der Waals surface area contributed by atoms with Crippen molar-refractivity contribution in [1.82, 2.24) is 0 Å². The van der Waals surface area contributed by atoms with Gasteiger partial charge in [0.15, 0.2) is 5.84 Å². The monoisotopic (exact) mass is 557 g/mol. The zero-order chi connectivity index (χ0) is 29.6. The Labute approximate surface area is 251 Å². The fraction of sp³-hybridized carbons (Fsp3) is 0.0256. The molecule has 0 amide bonds. The van der Waals surface area contributed by atoms with Gasteiger partial charge in [-0.25, -0.2) is 4.99 Å². The van der Waals surface area contributed by atoms with E-state index < -0.39 is 0 Å². The second kappa shape index (κ2) is 12.4. The summed E-state index contributed by atoms with van der Waals surface area (Å²) in [5, 5.41) is 9.61. The van der Waals surface area contributed by atoms with E-state index in [0.29, 0.717) is 23.6 Å². The Kier molecular flexibility index (Phi) is 7.92. The highest BCUT2D eigenvalue weighted by Gasteiger charge is 2.17. The topological polar surface area (TPSA) is 75.4 Å². The van der Waals surface area contributed by atoms with Crippen molar-refractivity contribution < 1.29 is 4.42 Å². The quantitative estimate of drug-likeness (QED) is 0.111. The minimum atomic E-state index is 0.115. The number of rotatable bonds is 8. The molecule has 0 saturated heterocycles. The molecule has 0 atom stereocenters. The van der Waals surface area contributed by atoms with Crippen molar-refractivity contribution in [1.29, 1.82) is 5.41 Å². The Morgan fingerprint density at radius 2 is 1.26 bits per heavy atom. The van der Waals surface area contributed by atoms with E-state index in [1.54, 1.807) is 6.08 Å². The molecular formula is C39H31N3O. The molecule has 0 radical (unpaired) electrons. The van der Waals surface area contributed by atoms with Gasteiger partial charge in [0, 0.05) is 28.5 Å². The number of aliphatic imine (C=N–C) groups is 1. The van der Waals surface area contributed by atoms with Crippen LogP contribution >= 0.6 is 0 Å². The van der Waals surface area contributed by atoms with Crippen molar-refractivity contribution in [3.8, 4) is 33.4 Å². The normalized spacial score (nSPS) is 11.7. The average Bonchev–Trinajstić information content (AvgIpc) is 3.41. The third kappa shape index (κ3) is 5.99. The Bertz CT molecular complexity index is 1950. The van der Waals surface area contributed by atoms with E-state index in [-0.39, 0.29) is 5.84 Å². The lowest BCUT2D eigenvalue weighted by Gasteiger charge is -2.07. The fourth-order valence-electron chi connectivity index (χ4n) is 5.24. The Morgan fingerprint density at radius 3 is 1.86 bits per heavy atom. The lowest BCUT2D eigenvalue weighted by atomic mass is 9.99. The second-order valence-electron chi connectivity index (χ2n) is 10.2. The summed E-state index contributed by atoms with van der Waals surface area (Å²) in [4.78, 5) is 4.47. The number of fused-ring (bicyclic) bond motifs is 1. The number of nitrogens with one attached hydrogen (secondary N) is 1. The first-order valence-electron chi connectivity index (χ1n) is 14.2. The Morgan fingerprint density at radius 1 is 0.698 bits per heavy atom. The molecule has 5 aromatic carbocycles. The molecule has 0 fully saturated rings. The third-order valence-corrected chi connectivity index (χ3v) is 7.42. The molecule has 0 aliphatic rings. The molecule has 0 aliphatic heterocycles. The van der Waals surface area contributed by atoms with Crippen molar-refractivity contribution in [3.05, 3.63) is 163 Å². The van der Waals surface area contributed by atoms with Crippen LogP contribution in [0.15, 0.2) is 156 Å². The summed E-state index contributed by atoms with van der Waals surface area (Å²) in [6.45, 7) is 3.80. The van der Waals surface area contributed by atoms with Crippen LogP contribution < -0.4 is 5.73 Å². The molecule has 4 heteroatoms. The molecule has 0 aliphatic carbocycles. The van der Waals surface area contributed by atoms with Crippen LogP contribution in [0, 0.1) is 5.41 Å². The molecule has 1 aromatic heterocycles. The first kappa shape index (κ1) is 27.4. The smallest absolute Gasteiger partial charge is 0.153 e. The van der Waals surface area contributed by atoms with Crippen LogP contribution in [0.1, 0.15) is 16.9 Å². The van der Waals surface area contributed by atoms with E-state index in [4.69, 9.17) is 15.6 Å². The summed E-state index contributed by atoms with van der Waals surface area (Å²) in [5.74, 6) is 1.15. The standard InChI is InChI=1S/C39H31N3O/c1-2-3-17-36-35(34-16-10-15-33(38(34)43-36)31-13-8-5-9-14-31)26-37(40)42-39(41)32-24-22-30(23-25-32)29-20-18-28(19-21-29)27-11-6-4-7-12-27/h2-25H,1,26H2,(H3,40,41,42)/b17-3-. The summed E-state index contributed by atoms with van der Waals surface area (Å²) >= 11 is 0. The van der Waals surface area contributed by atoms with Gasteiger partial charge in [0.1, 0.15) is 17.2 Å². The van der Waals surface area contributed by atoms with Crippen molar-refractivity contribution in [2.45, 2.75) is 6.42 Å². The number of benzene rings is 5. The number of hydrogen-bond acceptors (Lipinski definition) is 2. The molecule has 0 spiro atoms. The highest BCUT2D eigenvalue weighted by Crippen LogP contribution is 2.35. The van der Waals surface area contributed by atoms with Crippen LogP contribution in [-0.4, -0.2) is 11.7 Å². The average molecular weight is 558 g/mol. The highest BCUT2D eigenvalue weighted by atomic mass is 16.3. The molecule has 6 rings (SSSR count). The first-order chi connectivity index (χ1) is 21.1. The van der Waals surface area contributed by atoms with Crippen LogP contribution in [0.4, 0.5) is 0 Å². The number of para-hydroxylation sites is 1. The van der Waals surface area contributed by atoms with E-state index in [1.165, 1.54) is 11.1 Å². The highest BCUT2D eigenvalue weighted by molar-refractivity contribution is 6.06. The van der Waals surface area contributed by atoms with E-state index >= 15 is 0 Å². The molecule has 6 aromatic rings. The van der Waals surface area contributed by atoms with E-state index in [1.807, 2.05) is 84.9 Å². The van der Waals surface area contributed by atoms with Gasteiger partial charge in [-0.2, -0.15) is 0 Å². The summed E-state index contributed by atoms with van der Waals surface area (Å²) < 4.78 is 6.37. The maximum Gasteiger partial charge on any atom is 0.153 e. The van der Waals surface area contributed by atoms with Gasteiger partial charge < -0.3 is 10.2 Å². The SMILES string of the molecule is C=C/C=C\c1oc2c(-c3ccccc3)cccc2c1CC(N)=NC(=N)c1ccc(-c2ccc(-c3ccccc3)cc2)cc1. The molecule has 1 heterocycles.